The quantitative estimate of drug-likeness (QED) is 0.583. The van der Waals surface area contributed by atoms with Gasteiger partial charge in [-0.1, -0.05) is 25.8 Å². The first-order chi connectivity index (χ1) is 8.15. The van der Waals surface area contributed by atoms with Gasteiger partial charge < -0.3 is 15.4 Å². The van der Waals surface area contributed by atoms with E-state index >= 15 is 0 Å². The molecule has 0 radical (unpaired) electrons. The highest BCUT2D eigenvalue weighted by Gasteiger charge is 2.23. The van der Waals surface area contributed by atoms with E-state index in [4.69, 9.17) is 10.5 Å². The van der Waals surface area contributed by atoms with Crippen molar-refractivity contribution in [2.75, 3.05) is 13.2 Å². The highest BCUT2D eigenvalue weighted by atomic mass is 16.5. The molecule has 0 aromatic heterocycles. The van der Waals surface area contributed by atoms with Crippen LogP contribution in [0, 0.1) is 0 Å². The molecule has 96 valence electrons. The number of hydrogen-bond acceptors (Lipinski definition) is 3. The maximum Gasteiger partial charge on any atom is 0.330 e. The van der Waals surface area contributed by atoms with Crippen molar-refractivity contribution in [3.8, 4) is 0 Å². The summed E-state index contributed by atoms with van der Waals surface area (Å²) < 4.78 is 4.86. The predicted molar refractivity (Wildman–Crippen MR) is 64.3 cm³/mol. The largest absolute Gasteiger partial charge is 0.461 e. The van der Waals surface area contributed by atoms with Crippen LogP contribution in [-0.2, 0) is 9.53 Å². The number of amides is 2. The van der Waals surface area contributed by atoms with Gasteiger partial charge >= 0.3 is 12.0 Å². The van der Waals surface area contributed by atoms with E-state index in [-0.39, 0.29) is 12.6 Å². The average molecular weight is 240 g/mol. The normalized spacial score (nSPS) is 16.2. The van der Waals surface area contributed by atoms with E-state index in [1.54, 1.807) is 4.90 Å². The van der Waals surface area contributed by atoms with E-state index < -0.39 is 12.0 Å². The van der Waals surface area contributed by atoms with Crippen LogP contribution in [-0.4, -0.2) is 36.1 Å². The van der Waals surface area contributed by atoms with Crippen LogP contribution in [0.15, 0.2) is 12.7 Å². The fourth-order valence-corrected chi connectivity index (χ4v) is 2.17. The minimum atomic E-state index is -0.474. The van der Waals surface area contributed by atoms with Crippen LogP contribution in [0.1, 0.15) is 32.1 Å². The van der Waals surface area contributed by atoms with Crippen LogP contribution in [0.2, 0.25) is 0 Å². The Morgan fingerprint density at radius 3 is 2.53 bits per heavy atom. The van der Waals surface area contributed by atoms with Crippen molar-refractivity contribution in [1.82, 2.24) is 4.90 Å². The van der Waals surface area contributed by atoms with Crippen molar-refractivity contribution in [1.29, 1.82) is 0 Å². The lowest BCUT2D eigenvalue weighted by Crippen LogP contribution is -2.46. The van der Waals surface area contributed by atoms with Gasteiger partial charge in [-0.2, -0.15) is 0 Å². The van der Waals surface area contributed by atoms with Crippen molar-refractivity contribution < 1.29 is 14.3 Å². The second-order valence-electron chi connectivity index (χ2n) is 4.20. The van der Waals surface area contributed by atoms with E-state index in [9.17, 15) is 9.59 Å². The molecule has 0 bridgehead atoms. The molecule has 2 amide bonds. The Bertz CT molecular complexity index is 285. The first-order valence-electron chi connectivity index (χ1n) is 6.00. The number of hydrogen-bond donors (Lipinski definition) is 1. The van der Waals surface area contributed by atoms with Gasteiger partial charge in [0.05, 0.1) is 6.54 Å². The van der Waals surface area contributed by atoms with Crippen molar-refractivity contribution >= 4 is 12.0 Å². The van der Waals surface area contributed by atoms with Gasteiger partial charge in [0.25, 0.3) is 0 Å². The van der Waals surface area contributed by atoms with E-state index in [0.29, 0.717) is 6.54 Å². The number of ether oxygens (including phenoxy) is 1. The third kappa shape index (κ3) is 4.46. The lowest BCUT2D eigenvalue weighted by atomic mass is 9.94. The Kier molecular flexibility index (Phi) is 5.52. The van der Waals surface area contributed by atoms with Gasteiger partial charge in [0, 0.05) is 12.1 Å². The molecule has 5 nitrogen and oxygen atoms in total. The summed E-state index contributed by atoms with van der Waals surface area (Å²) in [7, 11) is 0. The van der Waals surface area contributed by atoms with Gasteiger partial charge in [-0.3, -0.25) is 0 Å². The minimum Gasteiger partial charge on any atom is -0.461 e. The van der Waals surface area contributed by atoms with E-state index in [0.717, 1.165) is 31.8 Å². The molecule has 1 aliphatic carbocycles. The summed E-state index contributed by atoms with van der Waals surface area (Å²) in [4.78, 5) is 23.8. The molecule has 0 aromatic rings. The van der Waals surface area contributed by atoms with Crippen LogP contribution >= 0.6 is 0 Å². The smallest absolute Gasteiger partial charge is 0.330 e. The second kappa shape index (κ2) is 6.93. The van der Waals surface area contributed by atoms with Crippen LogP contribution in [0.25, 0.3) is 0 Å². The number of primary amides is 1. The number of carbonyl (C=O) groups excluding carboxylic acids is 2. The summed E-state index contributed by atoms with van der Waals surface area (Å²) >= 11 is 0. The SMILES string of the molecule is C=CC(=O)OCCN(C(N)=O)C1CCCCC1. The summed E-state index contributed by atoms with van der Waals surface area (Å²) in [6.45, 7) is 3.84. The molecular weight excluding hydrogens is 220 g/mol. The van der Waals surface area contributed by atoms with Crippen LogP contribution in [0.5, 0.6) is 0 Å². The Balaban J connectivity index is 2.39. The Hall–Kier alpha value is -1.52. The molecule has 1 saturated carbocycles. The van der Waals surface area contributed by atoms with Crippen LogP contribution in [0.4, 0.5) is 4.79 Å². The number of nitrogens with two attached hydrogens (primary N) is 1. The molecule has 2 N–H and O–H groups in total. The summed E-state index contributed by atoms with van der Waals surface area (Å²) in [5, 5.41) is 0. The zero-order chi connectivity index (χ0) is 12.7. The van der Waals surface area contributed by atoms with Gasteiger partial charge in [0.1, 0.15) is 6.61 Å². The highest BCUT2D eigenvalue weighted by Crippen LogP contribution is 2.22. The van der Waals surface area contributed by atoms with E-state index in [1.165, 1.54) is 6.42 Å². The van der Waals surface area contributed by atoms with E-state index in [1.807, 2.05) is 0 Å². The fourth-order valence-electron chi connectivity index (χ4n) is 2.17. The molecule has 0 saturated heterocycles. The minimum absolute atomic E-state index is 0.171. The Labute approximate surface area is 102 Å². The molecule has 1 rings (SSSR count). The third-order valence-corrected chi connectivity index (χ3v) is 3.04. The Morgan fingerprint density at radius 1 is 1.35 bits per heavy atom. The molecule has 1 fully saturated rings. The summed E-state index contributed by atoms with van der Waals surface area (Å²) in [6.07, 6.45) is 6.54. The molecule has 5 heteroatoms. The first kappa shape index (κ1) is 13.5. The lowest BCUT2D eigenvalue weighted by molar-refractivity contribution is -0.138. The molecule has 0 unspecified atom stereocenters. The molecular formula is C12H20N2O3. The van der Waals surface area contributed by atoms with Crippen molar-refractivity contribution in [3.05, 3.63) is 12.7 Å². The number of nitrogens with zero attached hydrogens (tertiary/aromatic N) is 1. The maximum atomic E-state index is 11.3. The third-order valence-electron chi connectivity index (χ3n) is 3.04. The molecule has 0 heterocycles. The fraction of sp³-hybridized carbons (Fsp3) is 0.667. The molecule has 0 atom stereocenters. The van der Waals surface area contributed by atoms with Crippen molar-refractivity contribution in [3.63, 3.8) is 0 Å². The van der Waals surface area contributed by atoms with Crippen LogP contribution in [0.3, 0.4) is 0 Å². The highest BCUT2D eigenvalue weighted by molar-refractivity contribution is 5.81. The van der Waals surface area contributed by atoms with Gasteiger partial charge in [-0.25, -0.2) is 9.59 Å². The monoisotopic (exact) mass is 240 g/mol. The van der Waals surface area contributed by atoms with Gasteiger partial charge in [0.15, 0.2) is 0 Å². The standard InChI is InChI=1S/C12H20N2O3/c1-2-11(15)17-9-8-14(12(13)16)10-6-4-3-5-7-10/h2,10H,1,3-9H2,(H2,13,16). The zero-order valence-corrected chi connectivity index (χ0v) is 10.1. The van der Waals surface area contributed by atoms with Gasteiger partial charge in [-0.15, -0.1) is 0 Å². The Morgan fingerprint density at radius 2 is 2.00 bits per heavy atom. The summed E-state index contributed by atoms with van der Waals surface area (Å²) in [5.41, 5.74) is 5.34. The number of urea groups is 1. The first-order valence-corrected chi connectivity index (χ1v) is 6.00. The number of esters is 1. The van der Waals surface area contributed by atoms with Crippen LogP contribution < -0.4 is 5.73 Å². The topological polar surface area (TPSA) is 72.6 Å². The molecule has 0 aromatic carbocycles. The van der Waals surface area contributed by atoms with E-state index in [2.05, 4.69) is 6.58 Å². The second-order valence-corrected chi connectivity index (χ2v) is 4.20. The van der Waals surface area contributed by atoms with Crippen molar-refractivity contribution in [2.24, 2.45) is 5.73 Å². The lowest BCUT2D eigenvalue weighted by Gasteiger charge is -2.32. The number of rotatable bonds is 5. The molecule has 0 spiro atoms. The molecule has 0 aliphatic heterocycles. The molecule has 17 heavy (non-hydrogen) atoms. The molecule has 1 aliphatic rings. The average Bonchev–Trinajstić information content (AvgIpc) is 2.34. The van der Waals surface area contributed by atoms with Crippen molar-refractivity contribution in [2.45, 2.75) is 38.1 Å². The number of carbonyl (C=O) groups is 2. The summed E-state index contributed by atoms with van der Waals surface area (Å²) in [6, 6.07) is -0.241. The zero-order valence-electron chi connectivity index (χ0n) is 10.1. The summed E-state index contributed by atoms with van der Waals surface area (Å²) in [5.74, 6) is -0.474. The predicted octanol–water partition coefficient (Wildman–Crippen LogP) is 1.43. The van der Waals surface area contributed by atoms with Gasteiger partial charge in [-0.05, 0) is 12.8 Å². The maximum absolute atomic E-state index is 11.3. The van der Waals surface area contributed by atoms with Gasteiger partial charge in [0.2, 0.25) is 0 Å².